The van der Waals surface area contributed by atoms with Crippen LogP contribution in [0.3, 0.4) is 0 Å². The summed E-state index contributed by atoms with van der Waals surface area (Å²) < 4.78 is 0. The molecule has 0 heteroatoms. The van der Waals surface area contributed by atoms with Gasteiger partial charge < -0.3 is 0 Å². The van der Waals surface area contributed by atoms with Gasteiger partial charge in [-0.2, -0.15) is 0 Å². The Kier molecular flexibility index (Phi) is 3.09. The fourth-order valence-corrected chi connectivity index (χ4v) is 1.37. The Labute approximate surface area is 75.0 Å². The lowest BCUT2D eigenvalue weighted by atomic mass is 10.1. The van der Waals surface area contributed by atoms with Crippen molar-refractivity contribution in [2.75, 3.05) is 0 Å². The SMILES string of the molecule is CC(C)=CC(C)=CC1C=CC=C1. The third kappa shape index (κ3) is 2.91. The molecule has 0 unspecified atom stereocenters. The van der Waals surface area contributed by atoms with Crippen LogP contribution in [0.2, 0.25) is 0 Å². The monoisotopic (exact) mass is 160 g/mol. The molecule has 0 atom stereocenters. The fourth-order valence-electron chi connectivity index (χ4n) is 1.37. The van der Waals surface area contributed by atoms with E-state index in [0.717, 1.165) is 0 Å². The summed E-state index contributed by atoms with van der Waals surface area (Å²) in [5.74, 6) is 0.514. The van der Waals surface area contributed by atoms with Gasteiger partial charge in [0, 0.05) is 5.92 Å². The van der Waals surface area contributed by atoms with Gasteiger partial charge in [-0.15, -0.1) is 0 Å². The molecule has 0 aromatic heterocycles. The van der Waals surface area contributed by atoms with E-state index in [2.05, 4.69) is 57.2 Å². The fraction of sp³-hybridized carbons (Fsp3) is 0.333. The molecule has 64 valence electrons. The molecular formula is C12H16. The molecule has 0 nitrogen and oxygen atoms in total. The van der Waals surface area contributed by atoms with Gasteiger partial charge in [0.15, 0.2) is 0 Å². The third-order valence-electron chi connectivity index (χ3n) is 1.75. The summed E-state index contributed by atoms with van der Waals surface area (Å²) in [5, 5.41) is 0. The van der Waals surface area contributed by atoms with Crippen molar-refractivity contribution in [1.29, 1.82) is 0 Å². The zero-order chi connectivity index (χ0) is 8.97. The van der Waals surface area contributed by atoms with Crippen molar-refractivity contribution < 1.29 is 0 Å². The number of hydrogen-bond acceptors (Lipinski definition) is 0. The van der Waals surface area contributed by atoms with Crippen molar-refractivity contribution in [3.63, 3.8) is 0 Å². The molecule has 0 bridgehead atoms. The molecule has 0 aliphatic heterocycles. The lowest BCUT2D eigenvalue weighted by Crippen LogP contribution is -1.83. The number of allylic oxidation sites excluding steroid dienone is 8. The summed E-state index contributed by atoms with van der Waals surface area (Å²) in [7, 11) is 0. The van der Waals surface area contributed by atoms with Crippen LogP contribution in [0.15, 0.2) is 47.6 Å². The first kappa shape index (κ1) is 9.05. The van der Waals surface area contributed by atoms with E-state index in [1.165, 1.54) is 11.1 Å². The molecule has 0 radical (unpaired) electrons. The topological polar surface area (TPSA) is 0 Å². The molecule has 0 heterocycles. The molecule has 0 saturated heterocycles. The van der Waals surface area contributed by atoms with Crippen LogP contribution in [-0.4, -0.2) is 0 Å². The van der Waals surface area contributed by atoms with Crippen molar-refractivity contribution in [2.45, 2.75) is 20.8 Å². The second-order valence-electron chi connectivity index (χ2n) is 3.48. The largest absolute Gasteiger partial charge is 0.0762 e. The maximum Gasteiger partial charge on any atom is 0.0139 e. The Balaban J connectivity index is 2.62. The zero-order valence-electron chi connectivity index (χ0n) is 8.04. The first-order valence-electron chi connectivity index (χ1n) is 4.37. The molecular weight excluding hydrogens is 144 g/mol. The molecule has 0 N–H and O–H groups in total. The minimum absolute atomic E-state index is 0.514. The summed E-state index contributed by atoms with van der Waals surface area (Å²) in [4.78, 5) is 0. The zero-order valence-corrected chi connectivity index (χ0v) is 8.04. The molecule has 12 heavy (non-hydrogen) atoms. The van der Waals surface area contributed by atoms with Crippen molar-refractivity contribution in [1.82, 2.24) is 0 Å². The maximum atomic E-state index is 2.27. The van der Waals surface area contributed by atoms with Crippen LogP contribution in [-0.2, 0) is 0 Å². The summed E-state index contributed by atoms with van der Waals surface area (Å²) in [5.41, 5.74) is 2.70. The second kappa shape index (κ2) is 4.10. The molecule has 1 aliphatic rings. The van der Waals surface area contributed by atoms with Crippen LogP contribution in [0.5, 0.6) is 0 Å². The predicted octanol–water partition coefficient (Wildman–Crippen LogP) is 3.64. The Morgan fingerprint density at radius 2 is 1.67 bits per heavy atom. The minimum atomic E-state index is 0.514. The van der Waals surface area contributed by atoms with Crippen LogP contribution >= 0.6 is 0 Å². The van der Waals surface area contributed by atoms with Crippen molar-refractivity contribution in [3.8, 4) is 0 Å². The van der Waals surface area contributed by atoms with Gasteiger partial charge in [-0.3, -0.25) is 0 Å². The summed E-state index contributed by atoms with van der Waals surface area (Å²) in [6.45, 7) is 6.39. The summed E-state index contributed by atoms with van der Waals surface area (Å²) in [6.07, 6.45) is 13.1. The van der Waals surface area contributed by atoms with Gasteiger partial charge in [-0.1, -0.05) is 47.6 Å². The van der Waals surface area contributed by atoms with E-state index in [-0.39, 0.29) is 0 Å². The highest BCUT2D eigenvalue weighted by molar-refractivity contribution is 5.28. The smallest absolute Gasteiger partial charge is 0.0139 e. The first-order chi connectivity index (χ1) is 5.68. The van der Waals surface area contributed by atoms with Crippen LogP contribution in [0.1, 0.15) is 20.8 Å². The molecule has 0 saturated carbocycles. The van der Waals surface area contributed by atoms with E-state index in [1.54, 1.807) is 0 Å². The quantitative estimate of drug-likeness (QED) is 0.541. The molecule has 1 rings (SSSR count). The van der Waals surface area contributed by atoms with Crippen molar-refractivity contribution >= 4 is 0 Å². The number of rotatable bonds is 2. The van der Waals surface area contributed by atoms with Gasteiger partial charge in [0.1, 0.15) is 0 Å². The van der Waals surface area contributed by atoms with Crippen molar-refractivity contribution in [2.24, 2.45) is 5.92 Å². The Bertz CT molecular complexity index is 246. The predicted molar refractivity (Wildman–Crippen MR) is 55.0 cm³/mol. The Morgan fingerprint density at radius 3 is 2.17 bits per heavy atom. The summed E-state index contributed by atoms with van der Waals surface area (Å²) >= 11 is 0. The minimum Gasteiger partial charge on any atom is -0.0762 e. The van der Waals surface area contributed by atoms with Crippen molar-refractivity contribution in [3.05, 3.63) is 47.6 Å². The molecule has 0 aromatic carbocycles. The van der Waals surface area contributed by atoms with Crippen LogP contribution in [0.4, 0.5) is 0 Å². The average molecular weight is 160 g/mol. The Morgan fingerprint density at radius 1 is 1.08 bits per heavy atom. The van der Waals surface area contributed by atoms with Gasteiger partial charge >= 0.3 is 0 Å². The molecule has 0 spiro atoms. The van der Waals surface area contributed by atoms with E-state index < -0.39 is 0 Å². The third-order valence-corrected chi connectivity index (χ3v) is 1.75. The van der Waals surface area contributed by atoms with Crippen LogP contribution in [0, 0.1) is 5.92 Å². The lowest BCUT2D eigenvalue weighted by Gasteiger charge is -1.98. The highest BCUT2D eigenvalue weighted by Crippen LogP contribution is 2.13. The maximum absolute atomic E-state index is 2.27. The van der Waals surface area contributed by atoms with Gasteiger partial charge in [0.25, 0.3) is 0 Å². The average Bonchev–Trinajstić information content (AvgIpc) is 2.37. The molecule has 1 aliphatic carbocycles. The second-order valence-corrected chi connectivity index (χ2v) is 3.48. The lowest BCUT2D eigenvalue weighted by molar-refractivity contribution is 1.07. The van der Waals surface area contributed by atoms with Gasteiger partial charge in [0.2, 0.25) is 0 Å². The van der Waals surface area contributed by atoms with E-state index in [0.29, 0.717) is 5.92 Å². The van der Waals surface area contributed by atoms with Gasteiger partial charge in [-0.25, -0.2) is 0 Å². The van der Waals surface area contributed by atoms with E-state index in [1.807, 2.05) is 0 Å². The normalized spacial score (nSPS) is 17.1. The number of hydrogen-bond donors (Lipinski definition) is 0. The highest BCUT2D eigenvalue weighted by Gasteiger charge is 1.98. The first-order valence-corrected chi connectivity index (χ1v) is 4.37. The van der Waals surface area contributed by atoms with E-state index in [4.69, 9.17) is 0 Å². The molecule has 0 aromatic rings. The van der Waals surface area contributed by atoms with Gasteiger partial charge in [-0.05, 0) is 20.8 Å². The Hall–Kier alpha value is -1.04. The highest BCUT2D eigenvalue weighted by atomic mass is 14.0. The van der Waals surface area contributed by atoms with Crippen LogP contribution in [0.25, 0.3) is 0 Å². The standard InChI is InChI=1S/C12H16/c1-10(2)8-11(3)9-12-6-4-5-7-12/h4-9,12H,1-3H3. The van der Waals surface area contributed by atoms with Gasteiger partial charge in [0.05, 0.1) is 0 Å². The molecule has 0 amide bonds. The van der Waals surface area contributed by atoms with Crippen LogP contribution < -0.4 is 0 Å². The molecule has 0 fully saturated rings. The van der Waals surface area contributed by atoms with E-state index in [9.17, 15) is 0 Å². The summed E-state index contributed by atoms with van der Waals surface area (Å²) in [6, 6.07) is 0. The van der Waals surface area contributed by atoms with E-state index >= 15 is 0 Å².